The number of benzene rings is 3. The van der Waals surface area contributed by atoms with Gasteiger partial charge >= 0.3 is 12.0 Å². The highest BCUT2D eigenvalue weighted by Gasteiger charge is 2.43. The van der Waals surface area contributed by atoms with Crippen LogP contribution < -0.4 is 10.6 Å². The Morgan fingerprint density at radius 2 is 1.76 bits per heavy atom. The highest BCUT2D eigenvalue weighted by atomic mass is 16.5. The van der Waals surface area contributed by atoms with Crippen molar-refractivity contribution in [1.82, 2.24) is 15.5 Å². The van der Waals surface area contributed by atoms with E-state index in [1.54, 1.807) is 6.07 Å². The summed E-state index contributed by atoms with van der Waals surface area (Å²) in [5.41, 5.74) is 6.80. The van der Waals surface area contributed by atoms with Gasteiger partial charge in [-0.3, -0.25) is 4.79 Å². The Morgan fingerprint density at radius 1 is 0.976 bits per heavy atom. The summed E-state index contributed by atoms with van der Waals surface area (Å²) >= 11 is 0. The molecule has 2 aliphatic carbocycles. The van der Waals surface area contributed by atoms with Crippen molar-refractivity contribution in [3.05, 3.63) is 94.5 Å². The van der Waals surface area contributed by atoms with Crippen molar-refractivity contribution in [3.63, 3.8) is 0 Å². The van der Waals surface area contributed by atoms with E-state index in [0.717, 1.165) is 59.9 Å². The largest absolute Gasteiger partial charge is 0.465 e. The summed E-state index contributed by atoms with van der Waals surface area (Å²) in [6, 6.07) is 21.8. The normalized spacial score (nSPS) is 20.4. The summed E-state index contributed by atoms with van der Waals surface area (Å²) in [6.07, 6.45) is 5.86. The minimum Gasteiger partial charge on any atom is -0.465 e. The van der Waals surface area contributed by atoms with Crippen LogP contribution in [0.5, 0.6) is 0 Å². The third kappa shape index (κ3) is 5.78. The molecule has 0 spiro atoms. The van der Waals surface area contributed by atoms with Gasteiger partial charge in [-0.1, -0.05) is 67.4 Å². The van der Waals surface area contributed by atoms with Gasteiger partial charge in [-0.2, -0.15) is 0 Å². The van der Waals surface area contributed by atoms with Gasteiger partial charge in [0.25, 0.3) is 0 Å². The van der Waals surface area contributed by atoms with E-state index < -0.39 is 0 Å². The van der Waals surface area contributed by atoms with E-state index in [2.05, 4.69) is 41.8 Å². The van der Waals surface area contributed by atoms with E-state index in [-0.39, 0.29) is 35.3 Å². The molecular formula is C35H39N3O4. The number of esters is 1. The van der Waals surface area contributed by atoms with Gasteiger partial charge in [-0.25, -0.2) is 9.59 Å². The number of fused-ring (bicyclic) bond motifs is 1. The van der Waals surface area contributed by atoms with Crippen molar-refractivity contribution in [2.24, 2.45) is 5.92 Å². The SMILES string of the molecule is COC(=O)c1cccc(-c2ccc(CNC(=O)[C@@H]3C[C@H]3c3ccccc3)c3c2CCN(C(=O)NC2(C)CCCC2)C3)c1. The fourth-order valence-corrected chi connectivity index (χ4v) is 6.77. The summed E-state index contributed by atoms with van der Waals surface area (Å²) in [6.45, 7) is 3.64. The van der Waals surface area contributed by atoms with Crippen LogP contribution in [-0.2, 0) is 29.0 Å². The van der Waals surface area contributed by atoms with Crippen LogP contribution >= 0.6 is 0 Å². The average molecular weight is 566 g/mol. The lowest BCUT2D eigenvalue weighted by molar-refractivity contribution is -0.122. The number of urea groups is 1. The number of carbonyl (C=O) groups excluding carboxylic acids is 3. The lowest BCUT2D eigenvalue weighted by atomic mass is 9.87. The topological polar surface area (TPSA) is 87.7 Å². The molecule has 7 nitrogen and oxygen atoms in total. The van der Waals surface area contributed by atoms with Crippen LogP contribution in [0.15, 0.2) is 66.7 Å². The fourth-order valence-electron chi connectivity index (χ4n) is 6.77. The first-order chi connectivity index (χ1) is 20.3. The maximum Gasteiger partial charge on any atom is 0.337 e. The monoisotopic (exact) mass is 565 g/mol. The standard InChI is InChI=1S/C35H39N3O4/c1-35(16-6-7-17-35)37-34(41)38-18-15-28-27(24-11-8-12-25(19-24)33(40)42-2)14-13-26(31(28)22-38)21-36-32(39)30-20-29(30)23-9-4-3-5-10-23/h3-5,8-14,19,29-30H,6-7,15-18,20-22H2,1-2H3,(H,36,39)(H,37,41)/t29-,30+/m0/s1. The molecule has 3 aliphatic rings. The van der Waals surface area contributed by atoms with Crippen molar-refractivity contribution in [2.45, 2.75) is 70.0 Å². The number of hydrogen-bond donors (Lipinski definition) is 2. The molecule has 3 aromatic carbocycles. The van der Waals surface area contributed by atoms with E-state index in [9.17, 15) is 14.4 Å². The Kier molecular flexibility index (Phi) is 7.76. The van der Waals surface area contributed by atoms with Crippen molar-refractivity contribution in [2.75, 3.05) is 13.7 Å². The van der Waals surface area contributed by atoms with Crippen LogP contribution in [0.2, 0.25) is 0 Å². The predicted molar refractivity (Wildman–Crippen MR) is 162 cm³/mol. The first kappa shape index (κ1) is 28.0. The van der Waals surface area contributed by atoms with Crippen LogP contribution in [0.25, 0.3) is 11.1 Å². The van der Waals surface area contributed by atoms with E-state index >= 15 is 0 Å². The van der Waals surface area contributed by atoms with Gasteiger partial charge < -0.3 is 20.3 Å². The van der Waals surface area contributed by atoms with Crippen LogP contribution in [-0.4, -0.2) is 42.0 Å². The molecule has 7 heteroatoms. The summed E-state index contributed by atoms with van der Waals surface area (Å²) in [5, 5.41) is 6.50. The Morgan fingerprint density at radius 3 is 2.52 bits per heavy atom. The second kappa shape index (κ2) is 11.6. The molecule has 218 valence electrons. The highest BCUT2D eigenvalue weighted by Crippen LogP contribution is 2.47. The minimum absolute atomic E-state index is 0.00186. The van der Waals surface area contributed by atoms with Crippen LogP contribution in [0.3, 0.4) is 0 Å². The number of carbonyl (C=O) groups is 3. The van der Waals surface area contributed by atoms with Crippen molar-refractivity contribution >= 4 is 17.9 Å². The molecular weight excluding hydrogens is 526 g/mol. The molecule has 2 fully saturated rings. The zero-order valence-electron chi connectivity index (χ0n) is 24.4. The molecule has 0 aromatic heterocycles. The molecule has 0 radical (unpaired) electrons. The summed E-state index contributed by atoms with van der Waals surface area (Å²) in [7, 11) is 1.38. The lowest BCUT2D eigenvalue weighted by Crippen LogP contribution is -2.51. The minimum atomic E-state index is -0.373. The maximum atomic E-state index is 13.4. The Balaban J connectivity index is 1.25. The summed E-state index contributed by atoms with van der Waals surface area (Å²) in [4.78, 5) is 40.7. The molecule has 3 amide bonds. The van der Waals surface area contributed by atoms with Crippen LogP contribution in [0.4, 0.5) is 4.79 Å². The molecule has 2 atom stereocenters. The maximum absolute atomic E-state index is 13.4. The number of nitrogens with zero attached hydrogens (tertiary/aromatic N) is 1. The number of rotatable bonds is 7. The number of ether oxygens (including phenoxy) is 1. The number of nitrogens with one attached hydrogen (secondary N) is 2. The molecule has 0 unspecified atom stereocenters. The number of methoxy groups -OCH3 is 1. The Hall–Kier alpha value is -4.13. The molecule has 1 heterocycles. The summed E-state index contributed by atoms with van der Waals surface area (Å²) in [5.74, 6) is -0.0204. The third-order valence-electron chi connectivity index (χ3n) is 9.31. The number of amides is 3. The van der Waals surface area contributed by atoms with Crippen molar-refractivity contribution in [1.29, 1.82) is 0 Å². The van der Waals surface area contributed by atoms with Gasteiger partial charge in [0.05, 0.1) is 12.7 Å². The smallest absolute Gasteiger partial charge is 0.337 e. The van der Waals surface area contributed by atoms with E-state index in [1.807, 2.05) is 41.3 Å². The van der Waals surface area contributed by atoms with Gasteiger partial charge in [-0.15, -0.1) is 0 Å². The van der Waals surface area contributed by atoms with Crippen molar-refractivity contribution in [3.8, 4) is 11.1 Å². The van der Waals surface area contributed by atoms with Crippen LogP contribution in [0, 0.1) is 5.92 Å². The van der Waals surface area contributed by atoms with E-state index in [4.69, 9.17) is 4.74 Å². The fraction of sp³-hybridized carbons (Fsp3) is 0.400. The second-order valence-corrected chi connectivity index (χ2v) is 12.2. The molecule has 0 saturated heterocycles. The van der Waals surface area contributed by atoms with Gasteiger partial charge in [0.15, 0.2) is 0 Å². The zero-order chi connectivity index (χ0) is 29.3. The average Bonchev–Trinajstić information content (AvgIpc) is 3.72. The second-order valence-electron chi connectivity index (χ2n) is 12.2. The Bertz CT molecular complexity index is 1500. The Labute approximate surface area is 247 Å². The molecule has 1 aliphatic heterocycles. The van der Waals surface area contributed by atoms with Gasteiger partial charge in [0, 0.05) is 31.1 Å². The predicted octanol–water partition coefficient (Wildman–Crippen LogP) is 5.96. The quantitative estimate of drug-likeness (QED) is 0.346. The molecule has 6 rings (SSSR count). The zero-order valence-corrected chi connectivity index (χ0v) is 24.4. The molecule has 3 aromatic rings. The summed E-state index contributed by atoms with van der Waals surface area (Å²) < 4.78 is 4.95. The van der Waals surface area contributed by atoms with Gasteiger partial charge in [0.1, 0.15) is 0 Å². The van der Waals surface area contributed by atoms with E-state index in [1.165, 1.54) is 12.7 Å². The molecule has 2 N–H and O–H groups in total. The van der Waals surface area contributed by atoms with Crippen LogP contribution in [0.1, 0.15) is 77.6 Å². The van der Waals surface area contributed by atoms with E-state index in [0.29, 0.717) is 31.6 Å². The lowest BCUT2D eigenvalue weighted by Gasteiger charge is -2.35. The highest BCUT2D eigenvalue weighted by molar-refractivity contribution is 5.91. The van der Waals surface area contributed by atoms with Gasteiger partial charge in [0.2, 0.25) is 5.91 Å². The number of hydrogen-bond acceptors (Lipinski definition) is 4. The first-order valence-electron chi connectivity index (χ1n) is 15.1. The molecule has 42 heavy (non-hydrogen) atoms. The molecule has 2 saturated carbocycles. The van der Waals surface area contributed by atoms with Gasteiger partial charge in [-0.05, 0) is 84.0 Å². The van der Waals surface area contributed by atoms with Crippen molar-refractivity contribution < 1.29 is 19.1 Å². The first-order valence-corrected chi connectivity index (χ1v) is 15.1. The third-order valence-corrected chi connectivity index (χ3v) is 9.31. The molecule has 0 bridgehead atoms.